The summed E-state index contributed by atoms with van der Waals surface area (Å²) >= 11 is 0. The standard InChI is InChI=1S/C4H8.2CH2O3/c1-3-4-2;2*2-1(3)4/h3-4H,1-2H3;2*(H2,2,3,4)/b4-3-;;. The summed E-state index contributed by atoms with van der Waals surface area (Å²) in [6, 6.07) is 0. The van der Waals surface area contributed by atoms with Gasteiger partial charge in [-0.25, -0.2) is 9.59 Å². The largest absolute Gasteiger partial charge is 0.503 e. The lowest BCUT2D eigenvalue weighted by atomic mass is 10.6. The van der Waals surface area contributed by atoms with Gasteiger partial charge < -0.3 is 20.4 Å². The minimum atomic E-state index is -1.83. The molecule has 0 aliphatic rings. The maximum Gasteiger partial charge on any atom is 0.503 e. The van der Waals surface area contributed by atoms with Crippen LogP contribution >= 0.6 is 0 Å². The van der Waals surface area contributed by atoms with Crippen LogP contribution in [0.3, 0.4) is 0 Å². The topological polar surface area (TPSA) is 115 Å². The molecule has 0 radical (unpaired) electrons. The van der Waals surface area contributed by atoms with Gasteiger partial charge in [0, 0.05) is 0 Å². The summed E-state index contributed by atoms with van der Waals surface area (Å²) in [4.78, 5) is 17.1. The summed E-state index contributed by atoms with van der Waals surface area (Å²) in [5.74, 6) is 0. The van der Waals surface area contributed by atoms with E-state index in [1.807, 2.05) is 26.0 Å². The Morgan fingerprint density at radius 1 is 0.833 bits per heavy atom. The van der Waals surface area contributed by atoms with E-state index in [-0.39, 0.29) is 0 Å². The molecule has 6 heteroatoms. The Kier molecular flexibility index (Phi) is 22.5. The number of carbonyl (C=O) groups is 2. The van der Waals surface area contributed by atoms with Crippen molar-refractivity contribution in [3.63, 3.8) is 0 Å². The van der Waals surface area contributed by atoms with Crippen LogP contribution in [0.5, 0.6) is 0 Å². The SMILES string of the molecule is C/C=C\C.O=C(O)O.O=C(O)O. The smallest absolute Gasteiger partial charge is 0.450 e. The quantitative estimate of drug-likeness (QED) is 0.424. The number of carboxylic acid groups (broad SMARTS) is 4. The van der Waals surface area contributed by atoms with Crippen LogP contribution in [0.2, 0.25) is 0 Å². The van der Waals surface area contributed by atoms with Gasteiger partial charge in [-0.2, -0.15) is 0 Å². The minimum Gasteiger partial charge on any atom is -0.450 e. The first-order valence-corrected chi connectivity index (χ1v) is 2.79. The van der Waals surface area contributed by atoms with Crippen LogP contribution in [0.25, 0.3) is 0 Å². The van der Waals surface area contributed by atoms with Gasteiger partial charge in [0.1, 0.15) is 0 Å². The summed E-state index contributed by atoms with van der Waals surface area (Å²) in [5, 5.41) is 27.9. The van der Waals surface area contributed by atoms with Gasteiger partial charge in [-0.1, -0.05) is 12.2 Å². The molecule has 12 heavy (non-hydrogen) atoms. The highest BCUT2D eigenvalue weighted by Gasteiger charge is 1.70. The predicted octanol–water partition coefficient (Wildman–Crippen LogP) is 2.03. The fraction of sp³-hybridized carbons (Fsp3) is 0.333. The zero-order valence-corrected chi connectivity index (χ0v) is 6.76. The van der Waals surface area contributed by atoms with Gasteiger partial charge in [0.25, 0.3) is 0 Å². The third-order valence-electron chi connectivity index (χ3n) is 0.333. The molecule has 0 heterocycles. The molecule has 0 fully saturated rings. The van der Waals surface area contributed by atoms with Crippen LogP contribution in [0.4, 0.5) is 9.59 Å². The molecule has 0 bridgehead atoms. The van der Waals surface area contributed by atoms with E-state index in [9.17, 15) is 0 Å². The summed E-state index contributed by atoms with van der Waals surface area (Å²) in [7, 11) is 0. The first-order valence-electron chi connectivity index (χ1n) is 2.79. The van der Waals surface area contributed by atoms with Crippen LogP contribution in [-0.4, -0.2) is 32.7 Å². The van der Waals surface area contributed by atoms with Crippen molar-refractivity contribution in [3.05, 3.63) is 12.2 Å². The van der Waals surface area contributed by atoms with Crippen molar-refractivity contribution in [2.24, 2.45) is 0 Å². The molecular formula is C6H12O6. The molecule has 0 spiro atoms. The van der Waals surface area contributed by atoms with Crippen molar-refractivity contribution in [3.8, 4) is 0 Å². The lowest BCUT2D eigenvalue weighted by molar-refractivity contribution is 0.135. The van der Waals surface area contributed by atoms with E-state index in [2.05, 4.69) is 0 Å². The summed E-state index contributed by atoms with van der Waals surface area (Å²) in [6.45, 7) is 4.00. The van der Waals surface area contributed by atoms with E-state index in [4.69, 9.17) is 30.0 Å². The first-order chi connectivity index (χ1) is 5.38. The highest BCUT2D eigenvalue weighted by Crippen LogP contribution is 1.57. The second-order valence-corrected chi connectivity index (χ2v) is 1.23. The van der Waals surface area contributed by atoms with Gasteiger partial charge in [0.05, 0.1) is 0 Å². The molecule has 0 aromatic heterocycles. The van der Waals surface area contributed by atoms with Crippen molar-refractivity contribution in [2.45, 2.75) is 13.8 Å². The van der Waals surface area contributed by atoms with Gasteiger partial charge in [-0.05, 0) is 13.8 Å². The molecule has 0 aliphatic heterocycles. The number of hydrogen-bond acceptors (Lipinski definition) is 2. The molecule has 0 amide bonds. The fourth-order valence-corrected chi connectivity index (χ4v) is 0. The van der Waals surface area contributed by atoms with Crippen LogP contribution in [0.15, 0.2) is 12.2 Å². The average Bonchev–Trinajstić information content (AvgIpc) is 1.85. The lowest BCUT2D eigenvalue weighted by Gasteiger charge is -1.60. The zero-order chi connectivity index (χ0) is 10.6. The normalized spacial score (nSPS) is 7.17. The Morgan fingerprint density at radius 2 is 0.917 bits per heavy atom. The monoisotopic (exact) mass is 180 g/mol. The van der Waals surface area contributed by atoms with E-state index in [1.165, 1.54) is 0 Å². The number of rotatable bonds is 0. The summed E-state index contributed by atoms with van der Waals surface area (Å²) in [6.07, 6.45) is 0.333. The molecule has 6 nitrogen and oxygen atoms in total. The van der Waals surface area contributed by atoms with Gasteiger partial charge >= 0.3 is 12.3 Å². The lowest BCUT2D eigenvalue weighted by Crippen LogP contribution is -1.81. The highest BCUT2D eigenvalue weighted by atomic mass is 16.6. The van der Waals surface area contributed by atoms with E-state index in [0.29, 0.717) is 0 Å². The third kappa shape index (κ3) is 847. The van der Waals surface area contributed by atoms with Crippen LogP contribution in [0, 0.1) is 0 Å². The minimum absolute atomic E-state index is 1.83. The second kappa shape index (κ2) is 16.1. The van der Waals surface area contributed by atoms with E-state index in [1.54, 1.807) is 0 Å². The number of hydrogen-bond donors (Lipinski definition) is 4. The molecule has 0 saturated heterocycles. The highest BCUT2D eigenvalue weighted by molar-refractivity contribution is 5.53. The molecule has 0 unspecified atom stereocenters. The Morgan fingerprint density at radius 3 is 0.917 bits per heavy atom. The Balaban J connectivity index is -0.000000101. The van der Waals surface area contributed by atoms with Crippen LogP contribution in [0.1, 0.15) is 13.8 Å². The maximum atomic E-state index is 8.56. The van der Waals surface area contributed by atoms with E-state index >= 15 is 0 Å². The van der Waals surface area contributed by atoms with Crippen molar-refractivity contribution < 1.29 is 30.0 Å². The number of allylic oxidation sites excluding steroid dienone is 2. The van der Waals surface area contributed by atoms with Gasteiger partial charge in [0.15, 0.2) is 0 Å². The Bertz CT molecular complexity index is 115. The zero-order valence-electron chi connectivity index (χ0n) is 6.76. The molecule has 0 rings (SSSR count). The van der Waals surface area contributed by atoms with Gasteiger partial charge in [-0.3, -0.25) is 0 Å². The van der Waals surface area contributed by atoms with Crippen molar-refractivity contribution in [2.75, 3.05) is 0 Å². The van der Waals surface area contributed by atoms with Crippen molar-refractivity contribution in [1.82, 2.24) is 0 Å². The predicted molar refractivity (Wildman–Crippen MR) is 41.8 cm³/mol. The van der Waals surface area contributed by atoms with Gasteiger partial charge in [0.2, 0.25) is 0 Å². The average molecular weight is 180 g/mol. The second-order valence-electron chi connectivity index (χ2n) is 1.23. The molecular weight excluding hydrogens is 168 g/mol. The molecule has 0 saturated carbocycles. The van der Waals surface area contributed by atoms with E-state index in [0.717, 1.165) is 0 Å². The fourth-order valence-electron chi connectivity index (χ4n) is 0. The molecule has 0 aromatic carbocycles. The maximum absolute atomic E-state index is 8.56. The van der Waals surface area contributed by atoms with Crippen LogP contribution in [-0.2, 0) is 0 Å². The molecule has 0 atom stereocenters. The van der Waals surface area contributed by atoms with Crippen molar-refractivity contribution in [1.29, 1.82) is 0 Å². The molecule has 0 aromatic rings. The first kappa shape index (κ1) is 16.7. The Hall–Kier alpha value is -1.72. The summed E-state index contributed by atoms with van der Waals surface area (Å²) in [5.41, 5.74) is 0. The third-order valence-corrected chi connectivity index (χ3v) is 0.333. The van der Waals surface area contributed by atoms with Crippen LogP contribution < -0.4 is 0 Å². The van der Waals surface area contributed by atoms with E-state index < -0.39 is 12.3 Å². The van der Waals surface area contributed by atoms with Crippen molar-refractivity contribution >= 4 is 12.3 Å². The Labute approximate surface area is 69.4 Å². The molecule has 0 aliphatic carbocycles. The molecule has 72 valence electrons. The van der Waals surface area contributed by atoms with Gasteiger partial charge in [-0.15, -0.1) is 0 Å². The molecule has 4 N–H and O–H groups in total. The summed E-state index contributed by atoms with van der Waals surface area (Å²) < 4.78 is 0.